The van der Waals surface area contributed by atoms with Gasteiger partial charge in [-0.25, -0.2) is 0 Å². The van der Waals surface area contributed by atoms with Crippen molar-refractivity contribution in [3.8, 4) is 0 Å². The largest absolute Gasteiger partial charge is 0.354 e. The first-order chi connectivity index (χ1) is 6.60. The molecule has 3 N–H and O–H groups in total. The lowest BCUT2D eigenvalue weighted by molar-refractivity contribution is -0.121. The van der Waals surface area contributed by atoms with Gasteiger partial charge in [-0.15, -0.1) is 0 Å². The monoisotopic (exact) mass is 214 g/mol. The molecule has 1 amide bonds. The Morgan fingerprint density at radius 2 is 1.73 bits per heavy atom. The highest BCUT2D eigenvalue weighted by atomic mass is 16.1. The molecule has 0 aromatic heterocycles. The number of nitrogens with two attached hydrogens (primary N) is 1. The lowest BCUT2D eigenvalue weighted by Crippen LogP contribution is -2.45. The van der Waals surface area contributed by atoms with Gasteiger partial charge in [-0.1, -0.05) is 20.8 Å². The highest BCUT2D eigenvalue weighted by Crippen LogP contribution is 2.21. The van der Waals surface area contributed by atoms with Gasteiger partial charge in [0.15, 0.2) is 0 Å². The van der Waals surface area contributed by atoms with E-state index in [4.69, 9.17) is 5.73 Å². The summed E-state index contributed by atoms with van der Waals surface area (Å²) in [7, 11) is 0. The summed E-state index contributed by atoms with van der Waals surface area (Å²) in [4.78, 5) is 11.4. The summed E-state index contributed by atoms with van der Waals surface area (Å²) in [6.45, 7) is 10.9. The highest BCUT2D eigenvalue weighted by molar-refractivity contribution is 5.75. The topological polar surface area (TPSA) is 55.1 Å². The fourth-order valence-corrected chi connectivity index (χ4v) is 1.19. The molecular formula is C12H26N2O. The van der Waals surface area contributed by atoms with E-state index in [0.29, 0.717) is 18.4 Å². The molecule has 90 valence electrons. The molecule has 0 bridgehead atoms. The third-order valence-electron chi connectivity index (χ3n) is 2.07. The molecule has 0 fully saturated rings. The van der Waals surface area contributed by atoms with Crippen LogP contribution < -0.4 is 11.1 Å². The standard InChI is InChI=1S/C12H26N2O/c1-11(2,3)8-6-7-10(15)14-9-12(4,5)13/h6-9,13H2,1-5H3,(H,14,15). The second-order valence-electron chi connectivity index (χ2n) is 6.18. The van der Waals surface area contributed by atoms with Crippen molar-refractivity contribution in [3.63, 3.8) is 0 Å². The van der Waals surface area contributed by atoms with Gasteiger partial charge in [0.2, 0.25) is 5.91 Å². The Hall–Kier alpha value is -0.570. The van der Waals surface area contributed by atoms with Crippen molar-refractivity contribution in [1.82, 2.24) is 5.32 Å². The first-order valence-corrected chi connectivity index (χ1v) is 5.66. The Labute approximate surface area is 93.8 Å². The zero-order valence-corrected chi connectivity index (χ0v) is 10.8. The summed E-state index contributed by atoms with van der Waals surface area (Å²) in [5, 5.41) is 2.84. The van der Waals surface area contributed by atoms with Gasteiger partial charge in [0.05, 0.1) is 0 Å². The summed E-state index contributed by atoms with van der Waals surface area (Å²) in [5.74, 6) is 0.109. The van der Waals surface area contributed by atoms with Crippen LogP contribution in [0.25, 0.3) is 0 Å². The van der Waals surface area contributed by atoms with Crippen LogP contribution in [0.5, 0.6) is 0 Å². The van der Waals surface area contributed by atoms with E-state index < -0.39 is 0 Å². The van der Waals surface area contributed by atoms with Gasteiger partial charge in [-0.3, -0.25) is 4.79 Å². The van der Waals surface area contributed by atoms with E-state index in [0.717, 1.165) is 12.8 Å². The summed E-state index contributed by atoms with van der Waals surface area (Å²) in [6, 6.07) is 0. The molecule has 15 heavy (non-hydrogen) atoms. The van der Waals surface area contributed by atoms with Crippen LogP contribution in [0.1, 0.15) is 53.9 Å². The summed E-state index contributed by atoms with van der Waals surface area (Å²) < 4.78 is 0. The van der Waals surface area contributed by atoms with Crippen molar-refractivity contribution in [1.29, 1.82) is 0 Å². The smallest absolute Gasteiger partial charge is 0.220 e. The summed E-state index contributed by atoms with van der Waals surface area (Å²) >= 11 is 0. The average molecular weight is 214 g/mol. The molecule has 0 saturated heterocycles. The normalized spacial score (nSPS) is 12.7. The third kappa shape index (κ3) is 11.4. The average Bonchev–Trinajstić information content (AvgIpc) is 1.97. The van der Waals surface area contributed by atoms with Gasteiger partial charge in [0.1, 0.15) is 0 Å². The Kier molecular flexibility index (Phi) is 5.29. The van der Waals surface area contributed by atoms with Crippen molar-refractivity contribution in [2.45, 2.75) is 59.4 Å². The maximum Gasteiger partial charge on any atom is 0.220 e. The zero-order chi connectivity index (χ0) is 12.1. The van der Waals surface area contributed by atoms with Crippen molar-refractivity contribution in [2.75, 3.05) is 6.54 Å². The maximum atomic E-state index is 11.4. The molecule has 0 aromatic rings. The molecule has 0 rings (SSSR count). The van der Waals surface area contributed by atoms with E-state index in [1.165, 1.54) is 0 Å². The molecular weight excluding hydrogens is 188 g/mol. The number of hydrogen-bond acceptors (Lipinski definition) is 2. The molecule has 0 aliphatic carbocycles. The number of amides is 1. The van der Waals surface area contributed by atoms with Gasteiger partial charge in [0, 0.05) is 18.5 Å². The second-order valence-corrected chi connectivity index (χ2v) is 6.18. The molecule has 0 saturated carbocycles. The minimum absolute atomic E-state index is 0.109. The van der Waals surface area contributed by atoms with E-state index in [1.54, 1.807) is 0 Å². The van der Waals surface area contributed by atoms with Crippen molar-refractivity contribution >= 4 is 5.91 Å². The molecule has 0 heterocycles. The van der Waals surface area contributed by atoms with Crippen molar-refractivity contribution in [3.05, 3.63) is 0 Å². The minimum atomic E-state index is -0.320. The Morgan fingerprint density at radius 1 is 1.20 bits per heavy atom. The minimum Gasteiger partial charge on any atom is -0.354 e. The predicted molar refractivity (Wildman–Crippen MR) is 64.6 cm³/mol. The molecule has 0 unspecified atom stereocenters. The van der Waals surface area contributed by atoms with Crippen LogP contribution in [-0.4, -0.2) is 18.0 Å². The molecule has 0 radical (unpaired) electrons. The van der Waals surface area contributed by atoms with Crippen LogP contribution in [-0.2, 0) is 4.79 Å². The maximum absolute atomic E-state index is 11.4. The number of rotatable bonds is 5. The van der Waals surface area contributed by atoms with E-state index in [-0.39, 0.29) is 11.4 Å². The Morgan fingerprint density at radius 3 is 2.13 bits per heavy atom. The molecule has 3 heteroatoms. The Bertz CT molecular complexity index is 199. The fraction of sp³-hybridized carbons (Fsp3) is 0.917. The SMILES string of the molecule is CC(C)(C)CCCC(=O)NCC(C)(C)N. The molecule has 0 atom stereocenters. The van der Waals surface area contributed by atoms with Crippen LogP contribution >= 0.6 is 0 Å². The molecule has 0 spiro atoms. The van der Waals surface area contributed by atoms with Crippen LogP contribution in [0.2, 0.25) is 0 Å². The van der Waals surface area contributed by atoms with Gasteiger partial charge in [-0.2, -0.15) is 0 Å². The van der Waals surface area contributed by atoms with E-state index in [2.05, 4.69) is 26.1 Å². The summed E-state index contributed by atoms with van der Waals surface area (Å²) in [6.07, 6.45) is 2.63. The molecule has 3 nitrogen and oxygen atoms in total. The second kappa shape index (κ2) is 5.50. The number of hydrogen-bond donors (Lipinski definition) is 2. The van der Waals surface area contributed by atoms with E-state index in [1.807, 2.05) is 13.8 Å². The lowest BCUT2D eigenvalue weighted by Gasteiger charge is -2.20. The van der Waals surface area contributed by atoms with Gasteiger partial charge in [0.25, 0.3) is 0 Å². The van der Waals surface area contributed by atoms with Crippen LogP contribution in [0.15, 0.2) is 0 Å². The number of carbonyl (C=O) groups is 1. The lowest BCUT2D eigenvalue weighted by atomic mass is 9.90. The summed E-state index contributed by atoms with van der Waals surface area (Å²) in [5.41, 5.74) is 5.76. The van der Waals surface area contributed by atoms with Gasteiger partial charge in [-0.05, 0) is 32.1 Å². The van der Waals surface area contributed by atoms with E-state index >= 15 is 0 Å². The third-order valence-corrected chi connectivity index (χ3v) is 2.07. The van der Waals surface area contributed by atoms with Gasteiger partial charge >= 0.3 is 0 Å². The quantitative estimate of drug-likeness (QED) is 0.736. The number of nitrogens with one attached hydrogen (secondary N) is 1. The van der Waals surface area contributed by atoms with Crippen molar-refractivity contribution < 1.29 is 4.79 Å². The first-order valence-electron chi connectivity index (χ1n) is 5.66. The van der Waals surface area contributed by atoms with Gasteiger partial charge < -0.3 is 11.1 Å². The van der Waals surface area contributed by atoms with E-state index in [9.17, 15) is 4.79 Å². The highest BCUT2D eigenvalue weighted by Gasteiger charge is 2.13. The van der Waals surface area contributed by atoms with Crippen LogP contribution in [0.4, 0.5) is 0 Å². The fourth-order valence-electron chi connectivity index (χ4n) is 1.19. The zero-order valence-electron chi connectivity index (χ0n) is 10.8. The molecule has 0 aliphatic rings. The molecule has 0 aliphatic heterocycles. The predicted octanol–water partition coefficient (Wildman–Crippen LogP) is 2.06. The van der Waals surface area contributed by atoms with Crippen LogP contribution in [0, 0.1) is 5.41 Å². The first kappa shape index (κ1) is 14.4. The van der Waals surface area contributed by atoms with Crippen molar-refractivity contribution in [2.24, 2.45) is 11.1 Å². The number of carbonyl (C=O) groups excluding carboxylic acids is 1. The Balaban J connectivity index is 3.60. The molecule has 0 aromatic carbocycles. The van der Waals surface area contributed by atoms with Crippen LogP contribution in [0.3, 0.4) is 0 Å².